The lowest BCUT2D eigenvalue weighted by molar-refractivity contribution is -0.274. The van der Waals surface area contributed by atoms with Crippen molar-refractivity contribution in [3.8, 4) is 11.5 Å². The van der Waals surface area contributed by atoms with Crippen LogP contribution in [0.5, 0.6) is 11.5 Å². The Morgan fingerprint density at radius 2 is 1.77 bits per heavy atom. The van der Waals surface area contributed by atoms with E-state index in [2.05, 4.69) is 9.72 Å². The summed E-state index contributed by atoms with van der Waals surface area (Å²) in [5, 5.41) is 19.1. The van der Waals surface area contributed by atoms with E-state index in [4.69, 9.17) is 10.1 Å². The molecule has 1 aliphatic heterocycles. The number of benzene rings is 2. The second-order valence-electron chi connectivity index (χ2n) is 6.65. The summed E-state index contributed by atoms with van der Waals surface area (Å²) in [5.41, 5.74) is 2.14. The number of halogens is 3. The highest BCUT2D eigenvalue weighted by molar-refractivity contribution is 6.30. The quantitative estimate of drug-likeness (QED) is 0.662. The zero-order valence-electron chi connectivity index (χ0n) is 16.0. The number of rotatable bonds is 4. The Labute approximate surface area is 169 Å². The van der Waals surface area contributed by atoms with Crippen LogP contribution in [-0.4, -0.2) is 40.5 Å². The SMILES string of the molecule is COc1ccc2c(c1)nc(C1=C(O)CN(c3ccc(OC(F)(F)F)cc3)C1=N)n2C. The van der Waals surface area contributed by atoms with E-state index in [1.807, 2.05) is 6.07 Å². The van der Waals surface area contributed by atoms with Crippen molar-refractivity contribution in [1.29, 1.82) is 5.41 Å². The molecule has 0 atom stereocenters. The molecule has 7 nitrogen and oxygen atoms in total. The summed E-state index contributed by atoms with van der Waals surface area (Å²) in [7, 11) is 3.32. The van der Waals surface area contributed by atoms with Gasteiger partial charge in [-0.05, 0) is 36.4 Å². The summed E-state index contributed by atoms with van der Waals surface area (Å²) in [6, 6.07) is 10.5. The molecular formula is C20H17F3N4O3. The molecule has 2 N–H and O–H groups in total. The fraction of sp³-hybridized carbons (Fsp3) is 0.200. The van der Waals surface area contributed by atoms with E-state index in [-0.39, 0.29) is 29.5 Å². The Hall–Kier alpha value is -3.69. The van der Waals surface area contributed by atoms with Crippen LogP contribution >= 0.6 is 0 Å². The second kappa shape index (κ2) is 6.97. The lowest BCUT2D eigenvalue weighted by atomic mass is 10.2. The molecule has 0 unspecified atom stereocenters. The molecule has 0 spiro atoms. The lowest BCUT2D eigenvalue weighted by Gasteiger charge is -2.19. The lowest BCUT2D eigenvalue weighted by Crippen LogP contribution is -2.26. The van der Waals surface area contributed by atoms with Gasteiger partial charge in [0.2, 0.25) is 0 Å². The van der Waals surface area contributed by atoms with E-state index < -0.39 is 6.36 Å². The Morgan fingerprint density at radius 3 is 2.40 bits per heavy atom. The van der Waals surface area contributed by atoms with Crippen LogP contribution < -0.4 is 14.4 Å². The molecule has 0 saturated carbocycles. The molecule has 0 amide bonds. The standard InChI is InChI=1S/C20H17F3N4O3/c1-26-15-8-7-13(29-2)9-14(15)25-19(26)17-16(28)10-27(18(17)24)11-3-5-12(6-4-11)30-20(21,22)23/h3-9,24,28H,10H2,1-2H3. The molecule has 3 aromatic rings. The smallest absolute Gasteiger partial charge is 0.509 e. The Bertz CT molecular complexity index is 1170. The van der Waals surface area contributed by atoms with Gasteiger partial charge in [0.15, 0.2) is 0 Å². The molecule has 2 heterocycles. The van der Waals surface area contributed by atoms with Crippen molar-refractivity contribution < 1.29 is 27.8 Å². The first-order valence-corrected chi connectivity index (χ1v) is 8.83. The first-order chi connectivity index (χ1) is 14.2. The Balaban J connectivity index is 1.64. The number of alkyl halides is 3. The fourth-order valence-electron chi connectivity index (χ4n) is 3.39. The number of ether oxygens (including phenoxy) is 2. The minimum Gasteiger partial charge on any atom is -0.509 e. The Morgan fingerprint density at radius 1 is 1.10 bits per heavy atom. The van der Waals surface area contributed by atoms with Gasteiger partial charge >= 0.3 is 6.36 Å². The summed E-state index contributed by atoms with van der Waals surface area (Å²) in [5.74, 6) is 0.608. The number of hydrogen-bond donors (Lipinski definition) is 2. The first kappa shape index (κ1) is 19.6. The van der Waals surface area contributed by atoms with E-state index in [0.717, 1.165) is 17.6 Å². The van der Waals surface area contributed by atoms with Gasteiger partial charge in [-0.2, -0.15) is 0 Å². The van der Waals surface area contributed by atoms with E-state index in [9.17, 15) is 18.3 Å². The van der Waals surface area contributed by atoms with E-state index in [1.165, 1.54) is 17.0 Å². The average Bonchev–Trinajstić information content (AvgIpc) is 3.16. The van der Waals surface area contributed by atoms with Gasteiger partial charge < -0.3 is 24.0 Å². The monoisotopic (exact) mass is 418 g/mol. The predicted octanol–water partition coefficient (Wildman–Crippen LogP) is 4.25. The van der Waals surface area contributed by atoms with Crippen LogP contribution in [0.3, 0.4) is 0 Å². The minimum absolute atomic E-state index is 0.000166. The third-order valence-corrected chi connectivity index (χ3v) is 4.80. The molecule has 156 valence electrons. The maximum absolute atomic E-state index is 12.3. The molecule has 30 heavy (non-hydrogen) atoms. The normalized spacial score (nSPS) is 14.7. The van der Waals surface area contributed by atoms with Crippen molar-refractivity contribution in [3.05, 3.63) is 54.0 Å². The molecule has 0 radical (unpaired) electrons. The summed E-state index contributed by atoms with van der Waals surface area (Å²) in [4.78, 5) is 6.01. The van der Waals surface area contributed by atoms with Gasteiger partial charge in [0, 0.05) is 18.8 Å². The van der Waals surface area contributed by atoms with Crippen LogP contribution in [0.1, 0.15) is 5.82 Å². The number of aryl methyl sites for hydroxylation is 1. The molecule has 1 aromatic heterocycles. The number of amidine groups is 1. The minimum atomic E-state index is -4.78. The number of nitrogens with one attached hydrogen (secondary N) is 1. The predicted molar refractivity (Wildman–Crippen MR) is 105 cm³/mol. The van der Waals surface area contributed by atoms with Crippen LogP contribution in [0.15, 0.2) is 48.2 Å². The number of nitrogens with zero attached hydrogens (tertiary/aromatic N) is 3. The van der Waals surface area contributed by atoms with Crippen LogP contribution in [0.4, 0.5) is 18.9 Å². The topological polar surface area (TPSA) is 83.6 Å². The molecule has 0 aliphatic carbocycles. The van der Waals surface area contributed by atoms with Crippen molar-refractivity contribution in [1.82, 2.24) is 9.55 Å². The van der Waals surface area contributed by atoms with E-state index in [1.54, 1.807) is 30.9 Å². The maximum Gasteiger partial charge on any atom is 0.573 e. The second-order valence-corrected chi connectivity index (χ2v) is 6.65. The summed E-state index contributed by atoms with van der Waals surface area (Å²) >= 11 is 0. The van der Waals surface area contributed by atoms with Gasteiger partial charge in [-0.15, -0.1) is 13.2 Å². The number of hydrogen-bond acceptors (Lipinski definition) is 5. The highest BCUT2D eigenvalue weighted by Gasteiger charge is 2.33. The molecule has 1 aliphatic rings. The number of methoxy groups -OCH3 is 1. The van der Waals surface area contributed by atoms with Crippen LogP contribution in [0, 0.1) is 5.41 Å². The Kier molecular flexibility index (Phi) is 4.56. The van der Waals surface area contributed by atoms with Crippen LogP contribution in [0.25, 0.3) is 16.6 Å². The van der Waals surface area contributed by atoms with Crippen molar-refractivity contribution in [2.45, 2.75) is 6.36 Å². The van der Waals surface area contributed by atoms with Crippen molar-refractivity contribution in [2.75, 3.05) is 18.6 Å². The number of aliphatic hydroxyl groups is 1. The van der Waals surface area contributed by atoms with Gasteiger partial charge in [-0.3, -0.25) is 5.41 Å². The number of imidazole rings is 1. The van der Waals surface area contributed by atoms with Crippen LogP contribution in [-0.2, 0) is 7.05 Å². The first-order valence-electron chi connectivity index (χ1n) is 8.83. The third-order valence-electron chi connectivity index (χ3n) is 4.80. The number of fused-ring (bicyclic) bond motifs is 1. The molecule has 0 fully saturated rings. The third kappa shape index (κ3) is 3.40. The van der Waals surface area contributed by atoms with Gasteiger partial charge in [-0.1, -0.05) is 0 Å². The van der Waals surface area contributed by atoms with Gasteiger partial charge in [-0.25, -0.2) is 4.98 Å². The average molecular weight is 418 g/mol. The maximum atomic E-state index is 12.3. The molecule has 4 rings (SSSR count). The van der Waals surface area contributed by atoms with Crippen molar-refractivity contribution >= 4 is 28.1 Å². The number of aromatic nitrogens is 2. The van der Waals surface area contributed by atoms with Crippen molar-refractivity contribution in [3.63, 3.8) is 0 Å². The van der Waals surface area contributed by atoms with E-state index >= 15 is 0 Å². The zero-order valence-corrected chi connectivity index (χ0v) is 16.0. The van der Waals surface area contributed by atoms with Crippen molar-refractivity contribution in [2.24, 2.45) is 7.05 Å². The molecule has 2 aromatic carbocycles. The number of aliphatic hydroxyl groups excluding tert-OH is 1. The van der Waals surface area contributed by atoms with Gasteiger partial charge in [0.05, 0.1) is 30.3 Å². The highest BCUT2D eigenvalue weighted by Crippen LogP contribution is 2.34. The van der Waals surface area contributed by atoms with Gasteiger partial charge in [0.25, 0.3) is 0 Å². The molecular weight excluding hydrogens is 401 g/mol. The highest BCUT2D eigenvalue weighted by atomic mass is 19.4. The molecule has 0 saturated heterocycles. The van der Waals surface area contributed by atoms with Crippen LogP contribution in [0.2, 0.25) is 0 Å². The largest absolute Gasteiger partial charge is 0.573 e. The van der Waals surface area contributed by atoms with Gasteiger partial charge in [0.1, 0.15) is 28.9 Å². The zero-order chi connectivity index (χ0) is 21.6. The molecule has 10 heteroatoms. The fourth-order valence-corrected chi connectivity index (χ4v) is 3.39. The summed E-state index contributed by atoms with van der Waals surface area (Å²) < 4.78 is 47.9. The summed E-state index contributed by atoms with van der Waals surface area (Å²) in [6.07, 6.45) is -4.78. The summed E-state index contributed by atoms with van der Waals surface area (Å²) in [6.45, 7) is 0.000166. The van der Waals surface area contributed by atoms with E-state index in [0.29, 0.717) is 22.8 Å². The number of anilines is 1. The molecule has 0 bridgehead atoms.